The molecule has 19 heavy (non-hydrogen) atoms. The summed E-state index contributed by atoms with van der Waals surface area (Å²) in [5, 5.41) is 8.41. The molecule has 0 amide bonds. The van der Waals surface area contributed by atoms with Gasteiger partial charge in [0.15, 0.2) is 0 Å². The van der Waals surface area contributed by atoms with Crippen molar-refractivity contribution in [3.8, 4) is 17.9 Å². The molecule has 1 heteroatoms. The highest BCUT2D eigenvalue weighted by molar-refractivity contribution is 4.98. The second kappa shape index (κ2) is 17.1. The van der Waals surface area contributed by atoms with Crippen LogP contribution in [-0.2, 0) is 0 Å². The van der Waals surface area contributed by atoms with Gasteiger partial charge in [0.25, 0.3) is 0 Å². The molecule has 0 aromatic carbocycles. The van der Waals surface area contributed by atoms with Crippen molar-refractivity contribution >= 4 is 0 Å². The van der Waals surface area contributed by atoms with Crippen LogP contribution in [0.15, 0.2) is 0 Å². The zero-order valence-electron chi connectivity index (χ0n) is 12.8. The van der Waals surface area contributed by atoms with Gasteiger partial charge in [-0.3, -0.25) is 0 Å². The normalized spacial score (nSPS) is 9.68. The number of rotatable bonds is 12. The van der Waals surface area contributed by atoms with Crippen molar-refractivity contribution in [2.24, 2.45) is 0 Å². The molecule has 0 heterocycles. The SMILES string of the molecule is CCCC#CCCCCCCCCCCCCC#N. The van der Waals surface area contributed by atoms with Crippen LogP contribution < -0.4 is 0 Å². The van der Waals surface area contributed by atoms with E-state index in [1.54, 1.807) is 0 Å². The zero-order valence-corrected chi connectivity index (χ0v) is 12.8. The van der Waals surface area contributed by atoms with Crippen LogP contribution >= 0.6 is 0 Å². The first-order valence-corrected chi connectivity index (χ1v) is 8.24. The Kier molecular flexibility index (Phi) is 16.2. The number of nitriles is 1. The van der Waals surface area contributed by atoms with Crippen LogP contribution in [0.3, 0.4) is 0 Å². The maximum Gasteiger partial charge on any atom is 0.0621 e. The van der Waals surface area contributed by atoms with Gasteiger partial charge >= 0.3 is 0 Å². The molecule has 0 aromatic heterocycles. The summed E-state index contributed by atoms with van der Waals surface area (Å²) >= 11 is 0. The van der Waals surface area contributed by atoms with E-state index < -0.39 is 0 Å². The third-order valence-electron chi connectivity index (χ3n) is 3.34. The van der Waals surface area contributed by atoms with E-state index in [1.807, 2.05) is 0 Å². The lowest BCUT2D eigenvalue weighted by Gasteiger charge is -2.01. The second-order valence-electron chi connectivity index (χ2n) is 5.30. The largest absolute Gasteiger partial charge is 0.198 e. The molecular weight excluding hydrogens is 230 g/mol. The Hall–Kier alpha value is -0.950. The topological polar surface area (TPSA) is 23.8 Å². The fourth-order valence-corrected chi connectivity index (χ4v) is 2.13. The third kappa shape index (κ3) is 17.1. The summed E-state index contributed by atoms with van der Waals surface area (Å²) in [7, 11) is 0. The molecule has 0 saturated heterocycles. The summed E-state index contributed by atoms with van der Waals surface area (Å²) in [6, 6.07) is 2.20. The lowest BCUT2D eigenvalue weighted by molar-refractivity contribution is 0.555. The number of nitrogens with zero attached hydrogens (tertiary/aromatic N) is 1. The van der Waals surface area contributed by atoms with E-state index >= 15 is 0 Å². The molecule has 0 aliphatic carbocycles. The van der Waals surface area contributed by atoms with Crippen molar-refractivity contribution in [1.29, 1.82) is 5.26 Å². The lowest BCUT2D eigenvalue weighted by atomic mass is 10.1. The number of hydrogen-bond donors (Lipinski definition) is 0. The van der Waals surface area contributed by atoms with Crippen molar-refractivity contribution in [2.45, 2.75) is 96.8 Å². The summed E-state index contributed by atoms with van der Waals surface area (Å²) in [6.45, 7) is 2.18. The van der Waals surface area contributed by atoms with E-state index in [2.05, 4.69) is 24.8 Å². The van der Waals surface area contributed by atoms with Gasteiger partial charge in [0.2, 0.25) is 0 Å². The maximum absolute atomic E-state index is 8.41. The maximum atomic E-state index is 8.41. The van der Waals surface area contributed by atoms with Gasteiger partial charge in [-0.05, 0) is 19.3 Å². The molecule has 0 bridgehead atoms. The van der Waals surface area contributed by atoms with Gasteiger partial charge in [0, 0.05) is 19.3 Å². The molecule has 0 saturated carbocycles. The fraction of sp³-hybridized carbons (Fsp3) is 0.833. The van der Waals surface area contributed by atoms with Gasteiger partial charge in [-0.25, -0.2) is 0 Å². The average molecular weight is 261 g/mol. The third-order valence-corrected chi connectivity index (χ3v) is 3.34. The Morgan fingerprint density at radius 2 is 1.00 bits per heavy atom. The summed E-state index contributed by atoms with van der Waals surface area (Å²) in [4.78, 5) is 0. The molecule has 0 spiro atoms. The lowest BCUT2D eigenvalue weighted by Crippen LogP contribution is -1.82. The van der Waals surface area contributed by atoms with Crippen LogP contribution in [0, 0.1) is 23.2 Å². The van der Waals surface area contributed by atoms with E-state index in [1.165, 1.54) is 64.2 Å². The van der Waals surface area contributed by atoms with Crippen LogP contribution in [-0.4, -0.2) is 0 Å². The fourth-order valence-electron chi connectivity index (χ4n) is 2.13. The van der Waals surface area contributed by atoms with E-state index in [4.69, 9.17) is 5.26 Å². The summed E-state index contributed by atoms with van der Waals surface area (Å²) < 4.78 is 0. The average Bonchev–Trinajstić information content (AvgIpc) is 2.43. The summed E-state index contributed by atoms with van der Waals surface area (Å²) in [5.74, 6) is 6.45. The van der Waals surface area contributed by atoms with Crippen molar-refractivity contribution in [2.75, 3.05) is 0 Å². The van der Waals surface area contributed by atoms with Crippen LogP contribution in [0.5, 0.6) is 0 Å². The van der Waals surface area contributed by atoms with Crippen molar-refractivity contribution in [3.63, 3.8) is 0 Å². The predicted molar refractivity (Wildman–Crippen MR) is 83.7 cm³/mol. The minimum absolute atomic E-state index is 0.737. The van der Waals surface area contributed by atoms with Gasteiger partial charge in [-0.2, -0.15) is 5.26 Å². The molecular formula is C18H31N. The number of unbranched alkanes of at least 4 members (excludes halogenated alkanes) is 12. The standard InChI is InChI=1S/C18H31N/c1-2-3-4-5-6-7-8-9-10-11-12-13-14-15-16-17-18-19/h2-3,6-17H2,1H3. The molecule has 0 unspecified atom stereocenters. The van der Waals surface area contributed by atoms with Crippen molar-refractivity contribution in [3.05, 3.63) is 0 Å². The number of hydrogen-bond acceptors (Lipinski definition) is 1. The Balaban J connectivity index is 3.00. The van der Waals surface area contributed by atoms with Gasteiger partial charge in [-0.15, -0.1) is 11.8 Å². The predicted octanol–water partition coefficient (Wildman–Crippen LogP) is 5.99. The highest BCUT2D eigenvalue weighted by Crippen LogP contribution is 2.11. The molecule has 0 aliphatic heterocycles. The monoisotopic (exact) mass is 261 g/mol. The molecule has 0 aromatic rings. The summed E-state index contributed by atoms with van der Waals surface area (Å²) in [5.41, 5.74) is 0. The van der Waals surface area contributed by atoms with E-state index in [-0.39, 0.29) is 0 Å². The molecule has 108 valence electrons. The van der Waals surface area contributed by atoms with E-state index in [9.17, 15) is 0 Å². The zero-order chi connectivity index (χ0) is 14.0. The minimum Gasteiger partial charge on any atom is -0.198 e. The van der Waals surface area contributed by atoms with Crippen LogP contribution in [0.1, 0.15) is 96.8 Å². The molecule has 0 radical (unpaired) electrons. The van der Waals surface area contributed by atoms with Crippen molar-refractivity contribution in [1.82, 2.24) is 0 Å². The Bertz CT molecular complexity index is 264. The first-order valence-electron chi connectivity index (χ1n) is 8.24. The van der Waals surface area contributed by atoms with Gasteiger partial charge in [-0.1, -0.05) is 58.3 Å². The Morgan fingerprint density at radius 3 is 1.47 bits per heavy atom. The Morgan fingerprint density at radius 1 is 0.579 bits per heavy atom. The molecule has 0 aliphatic rings. The van der Waals surface area contributed by atoms with Gasteiger partial charge < -0.3 is 0 Å². The Labute approximate surface area is 120 Å². The van der Waals surface area contributed by atoms with Crippen LogP contribution in [0.25, 0.3) is 0 Å². The molecule has 0 fully saturated rings. The molecule has 0 N–H and O–H groups in total. The smallest absolute Gasteiger partial charge is 0.0621 e. The first-order chi connectivity index (χ1) is 9.41. The highest BCUT2D eigenvalue weighted by atomic mass is 14.2. The quantitative estimate of drug-likeness (QED) is 0.312. The molecule has 0 atom stereocenters. The summed E-state index contributed by atoms with van der Waals surface area (Å²) in [6.07, 6.45) is 17.3. The van der Waals surface area contributed by atoms with E-state index in [0.29, 0.717) is 0 Å². The first kappa shape index (κ1) is 18.0. The van der Waals surface area contributed by atoms with E-state index in [0.717, 1.165) is 25.7 Å². The van der Waals surface area contributed by atoms with Crippen LogP contribution in [0.4, 0.5) is 0 Å². The van der Waals surface area contributed by atoms with Gasteiger partial charge in [0.05, 0.1) is 6.07 Å². The minimum atomic E-state index is 0.737. The van der Waals surface area contributed by atoms with Crippen LogP contribution in [0.2, 0.25) is 0 Å². The van der Waals surface area contributed by atoms with Gasteiger partial charge in [0.1, 0.15) is 0 Å². The van der Waals surface area contributed by atoms with Crippen molar-refractivity contribution < 1.29 is 0 Å². The molecule has 0 rings (SSSR count). The second-order valence-corrected chi connectivity index (χ2v) is 5.30. The molecule has 1 nitrogen and oxygen atoms in total. The highest BCUT2D eigenvalue weighted by Gasteiger charge is 1.92.